The molecule has 59 valence electrons. The first-order chi connectivity index (χ1) is 5.04. The maximum Gasteiger partial charge on any atom is 0.0485 e. The predicted molar refractivity (Wildman–Crippen MR) is 49.5 cm³/mol. The number of hydrogen-bond donors (Lipinski definition) is 0. The van der Waals surface area contributed by atoms with Crippen LogP contribution in [0, 0.1) is 26.8 Å². The van der Waals surface area contributed by atoms with Gasteiger partial charge in [-0.2, -0.15) is 0 Å². The van der Waals surface area contributed by atoms with E-state index in [0.717, 1.165) is 26.7 Å². The van der Waals surface area contributed by atoms with E-state index >= 15 is 0 Å². The van der Waals surface area contributed by atoms with Crippen LogP contribution in [-0.2, 0) is 0 Å². The van der Waals surface area contributed by atoms with Crippen LogP contribution in [0.4, 0.5) is 0 Å². The predicted octanol–water partition coefficient (Wildman–Crippen LogP) is 3.72. The van der Waals surface area contributed by atoms with Crippen LogP contribution in [0.15, 0.2) is 0 Å². The molecule has 0 saturated heterocycles. The molecule has 1 aromatic rings. The summed E-state index contributed by atoms with van der Waals surface area (Å²) in [7, 11) is 0. The van der Waals surface area contributed by atoms with Crippen molar-refractivity contribution in [2.24, 2.45) is 0 Å². The van der Waals surface area contributed by atoms with Crippen molar-refractivity contribution in [3.05, 3.63) is 32.8 Å². The van der Waals surface area contributed by atoms with Crippen LogP contribution in [0.3, 0.4) is 0 Å². The molecular weight excluding hydrogens is 179 g/mol. The van der Waals surface area contributed by atoms with Gasteiger partial charge < -0.3 is 0 Å². The molecule has 11 heavy (non-hydrogen) atoms. The van der Waals surface area contributed by atoms with Crippen LogP contribution in [0.1, 0.15) is 16.7 Å². The Morgan fingerprint density at radius 2 is 1.27 bits per heavy atom. The van der Waals surface area contributed by atoms with Gasteiger partial charge in [0.25, 0.3) is 0 Å². The average Bonchev–Trinajstić information content (AvgIpc) is 1.97. The summed E-state index contributed by atoms with van der Waals surface area (Å²) in [6.45, 7) is 5.77. The second kappa shape index (κ2) is 3.04. The van der Waals surface area contributed by atoms with Crippen molar-refractivity contribution in [2.75, 3.05) is 0 Å². The van der Waals surface area contributed by atoms with Gasteiger partial charge in [0.15, 0.2) is 0 Å². The van der Waals surface area contributed by atoms with E-state index in [-0.39, 0.29) is 0 Å². The van der Waals surface area contributed by atoms with Crippen molar-refractivity contribution in [2.45, 2.75) is 20.8 Å². The molecule has 0 aliphatic rings. The molecular formula is C9H9Cl2. The van der Waals surface area contributed by atoms with Crippen molar-refractivity contribution >= 4 is 23.2 Å². The quantitative estimate of drug-likeness (QED) is 0.582. The third-order valence-corrected chi connectivity index (χ3v) is 2.83. The molecule has 0 N–H and O–H groups in total. The molecule has 1 rings (SSSR count). The highest BCUT2D eigenvalue weighted by atomic mass is 35.5. The number of aryl methyl sites for hydroxylation is 2. The standard InChI is InChI=1S/C9H9Cl2/c1-5-4-6(2)9(11)7(3)8(5)10/h1-3H3. The topological polar surface area (TPSA) is 0 Å². The fourth-order valence-corrected chi connectivity index (χ4v) is 1.38. The first-order valence-electron chi connectivity index (χ1n) is 3.38. The molecule has 0 amide bonds. The normalized spacial score (nSPS) is 10.3. The van der Waals surface area contributed by atoms with E-state index < -0.39 is 0 Å². The van der Waals surface area contributed by atoms with E-state index in [1.807, 2.05) is 20.8 Å². The van der Waals surface area contributed by atoms with Crippen molar-refractivity contribution in [3.8, 4) is 0 Å². The molecule has 1 aromatic carbocycles. The maximum absolute atomic E-state index is 5.94. The Kier molecular flexibility index (Phi) is 2.46. The molecule has 2 heteroatoms. The third kappa shape index (κ3) is 1.52. The summed E-state index contributed by atoms with van der Waals surface area (Å²) in [6, 6.07) is 3.08. The Morgan fingerprint density at radius 3 is 1.64 bits per heavy atom. The van der Waals surface area contributed by atoms with E-state index in [0.29, 0.717) is 0 Å². The molecule has 0 atom stereocenters. The Hall–Kier alpha value is -0.200. The van der Waals surface area contributed by atoms with E-state index in [1.54, 1.807) is 0 Å². The summed E-state index contributed by atoms with van der Waals surface area (Å²) in [5, 5.41) is 1.45. The highest BCUT2D eigenvalue weighted by Crippen LogP contribution is 2.29. The summed E-state index contributed by atoms with van der Waals surface area (Å²) >= 11 is 11.9. The van der Waals surface area contributed by atoms with Gasteiger partial charge in [-0.25, -0.2) is 0 Å². The van der Waals surface area contributed by atoms with Gasteiger partial charge in [0.2, 0.25) is 0 Å². The first kappa shape index (κ1) is 8.89. The molecule has 0 spiro atoms. The van der Waals surface area contributed by atoms with Crippen LogP contribution in [-0.4, -0.2) is 0 Å². The lowest BCUT2D eigenvalue weighted by atomic mass is 10.1. The Bertz CT molecular complexity index is 264. The molecule has 0 heterocycles. The minimum absolute atomic E-state index is 0.723. The number of rotatable bonds is 0. The fraction of sp³-hybridized carbons (Fsp3) is 0.333. The number of benzene rings is 1. The molecule has 0 aromatic heterocycles. The summed E-state index contributed by atoms with van der Waals surface area (Å²) in [5.41, 5.74) is 2.87. The number of hydrogen-bond acceptors (Lipinski definition) is 0. The van der Waals surface area contributed by atoms with Gasteiger partial charge >= 0.3 is 0 Å². The van der Waals surface area contributed by atoms with Gasteiger partial charge in [-0.1, -0.05) is 23.2 Å². The minimum atomic E-state index is 0.723. The molecule has 1 radical (unpaired) electrons. The summed E-state index contributed by atoms with van der Waals surface area (Å²) in [6.07, 6.45) is 0. The minimum Gasteiger partial charge on any atom is -0.0837 e. The van der Waals surface area contributed by atoms with Gasteiger partial charge in [-0.05, 0) is 43.5 Å². The lowest BCUT2D eigenvalue weighted by Gasteiger charge is -2.06. The Morgan fingerprint density at radius 1 is 0.909 bits per heavy atom. The second-order valence-corrected chi connectivity index (χ2v) is 3.38. The van der Waals surface area contributed by atoms with Crippen LogP contribution in [0.5, 0.6) is 0 Å². The molecule has 0 bridgehead atoms. The lowest BCUT2D eigenvalue weighted by molar-refractivity contribution is 1.31. The maximum atomic E-state index is 5.94. The number of halogens is 2. The molecule has 0 fully saturated rings. The summed E-state index contributed by atoms with van der Waals surface area (Å²) in [4.78, 5) is 0. The Labute approximate surface area is 77.1 Å². The zero-order valence-corrected chi connectivity index (χ0v) is 8.27. The smallest absolute Gasteiger partial charge is 0.0485 e. The Balaban J connectivity index is 3.46. The van der Waals surface area contributed by atoms with E-state index in [9.17, 15) is 0 Å². The zero-order valence-electron chi connectivity index (χ0n) is 6.76. The van der Waals surface area contributed by atoms with Gasteiger partial charge in [0, 0.05) is 10.0 Å². The molecule has 0 aliphatic carbocycles. The SMILES string of the molecule is Cc1[c]c(C)c(Cl)c(C)c1Cl. The average molecular weight is 188 g/mol. The van der Waals surface area contributed by atoms with Gasteiger partial charge in [-0.3, -0.25) is 0 Å². The van der Waals surface area contributed by atoms with Crippen molar-refractivity contribution in [3.63, 3.8) is 0 Å². The van der Waals surface area contributed by atoms with E-state index in [2.05, 4.69) is 6.07 Å². The second-order valence-electron chi connectivity index (χ2n) is 2.63. The van der Waals surface area contributed by atoms with Gasteiger partial charge in [0.05, 0.1) is 0 Å². The van der Waals surface area contributed by atoms with Crippen LogP contribution >= 0.6 is 23.2 Å². The van der Waals surface area contributed by atoms with Crippen molar-refractivity contribution < 1.29 is 0 Å². The van der Waals surface area contributed by atoms with E-state index in [4.69, 9.17) is 23.2 Å². The third-order valence-electron chi connectivity index (χ3n) is 1.69. The van der Waals surface area contributed by atoms with E-state index in [1.165, 1.54) is 0 Å². The highest BCUT2D eigenvalue weighted by Gasteiger charge is 2.06. The lowest BCUT2D eigenvalue weighted by Crippen LogP contribution is -1.87. The van der Waals surface area contributed by atoms with Crippen LogP contribution in [0.2, 0.25) is 10.0 Å². The van der Waals surface area contributed by atoms with Crippen molar-refractivity contribution in [1.29, 1.82) is 0 Å². The van der Waals surface area contributed by atoms with Crippen LogP contribution < -0.4 is 0 Å². The monoisotopic (exact) mass is 187 g/mol. The largest absolute Gasteiger partial charge is 0.0837 e. The fourth-order valence-electron chi connectivity index (χ4n) is 1.05. The van der Waals surface area contributed by atoms with Gasteiger partial charge in [0.1, 0.15) is 0 Å². The first-order valence-corrected chi connectivity index (χ1v) is 4.13. The molecule has 0 nitrogen and oxygen atoms in total. The van der Waals surface area contributed by atoms with Crippen molar-refractivity contribution in [1.82, 2.24) is 0 Å². The summed E-state index contributed by atoms with van der Waals surface area (Å²) in [5.74, 6) is 0. The zero-order chi connectivity index (χ0) is 8.59. The molecule has 0 aliphatic heterocycles. The van der Waals surface area contributed by atoms with Crippen LogP contribution in [0.25, 0.3) is 0 Å². The van der Waals surface area contributed by atoms with Gasteiger partial charge in [-0.15, -0.1) is 0 Å². The molecule has 0 unspecified atom stereocenters. The molecule has 0 saturated carbocycles. The summed E-state index contributed by atoms with van der Waals surface area (Å²) < 4.78 is 0. The highest BCUT2D eigenvalue weighted by molar-refractivity contribution is 6.36.